The predicted octanol–water partition coefficient (Wildman–Crippen LogP) is 2.99. The van der Waals surface area contributed by atoms with Crippen molar-refractivity contribution in [2.45, 2.75) is 36.6 Å². The molecule has 1 aromatic carbocycles. The third-order valence-corrected chi connectivity index (χ3v) is 5.56. The van der Waals surface area contributed by atoms with E-state index in [9.17, 15) is 9.18 Å². The first-order chi connectivity index (χ1) is 15.9. The molecule has 0 saturated heterocycles. The summed E-state index contributed by atoms with van der Waals surface area (Å²) in [6, 6.07) is 9.52. The summed E-state index contributed by atoms with van der Waals surface area (Å²) >= 11 is 1.20. The summed E-state index contributed by atoms with van der Waals surface area (Å²) in [4.78, 5) is 36.6. The number of benzene rings is 1. The molecule has 3 aromatic heterocycles. The smallest absolute Gasteiger partial charge is 0.255 e. The number of amides is 1. The highest BCUT2D eigenvalue weighted by Gasteiger charge is 2.25. The van der Waals surface area contributed by atoms with Crippen LogP contribution in [0.3, 0.4) is 0 Å². The molecule has 0 radical (unpaired) electrons. The average Bonchev–Trinajstić information content (AvgIpc) is 3.24. The number of aromatic amines is 1. The summed E-state index contributed by atoms with van der Waals surface area (Å²) in [5.41, 5.74) is 7.74. The van der Waals surface area contributed by atoms with Crippen molar-refractivity contribution in [3.63, 3.8) is 0 Å². The lowest BCUT2D eigenvalue weighted by atomic mass is 10.1. The highest BCUT2D eigenvalue weighted by Crippen LogP contribution is 2.30. The SMILES string of the molecule is CC(C)Oc1nc(NC(=O)[C@@H](Cc2ccccc2)Sc2nc(N)nc3nc[nH]c23)ncc1F. The summed E-state index contributed by atoms with van der Waals surface area (Å²) in [6.45, 7) is 3.49. The topological polar surface area (TPSA) is 145 Å². The molecule has 4 rings (SSSR count). The fourth-order valence-electron chi connectivity index (χ4n) is 2.97. The van der Waals surface area contributed by atoms with Crippen molar-refractivity contribution in [3.8, 4) is 5.88 Å². The van der Waals surface area contributed by atoms with Gasteiger partial charge < -0.3 is 15.5 Å². The Hall–Kier alpha value is -3.80. The van der Waals surface area contributed by atoms with E-state index in [0.29, 0.717) is 22.6 Å². The van der Waals surface area contributed by atoms with Crippen molar-refractivity contribution >= 4 is 40.7 Å². The van der Waals surface area contributed by atoms with E-state index in [2.05, 4.69) is 35.2 Å². The van der Waals surface area contributed by atoms with Crippen molar-refractivity contribution in [2.24, 2.45) is 0 Å². The van der Waals surface area contributed by atoms with E-state index < -0.39 is 17.0 Å². The number of hydrogen-bond acceptors (Lipinski definition) is 9. The minimum Gasteiger partial charge on any atom is -0.473 e. The van der Waals surface area contributed by atoms with Gasteiger partial charge in [-0.15, -0.1) is 0 Å². The van der Waals surface area contributed by atoms with Gasteiger partial charge in [-0.05, 0) is 25.8 Å². The molecule has 0 saturated carbocycles. The fraction of sp³-hybridized carbons (Fsp3) is 0.238. The number of ether oxygens (including phenoxy) is 1. The van der Waals surface area contributed by atoms with Gasteiger partial charge in [-0.1, -0.05) is 42.1 Å². The van der Waals surface area contributed by atoms with Gasteiger partial charge in [0.2, 0.25) is 23.6 Å². The van der Waals surface area contributed by atoms with Crippen LogP contribution in [0.25, 0.3) is 11.2 Å². The maximum Gasteiger partial charge on any atom is 0.255 e. The van der Waals surface area contributed by atoms with Gasteiger partial charge in [-0.2, -0.15) is 14.4 Å². The zero-order chi connectivity index (χ0) is 23.4. The Morgan fingerprint density at radius 3 is 2.76 bits per heavy atom. The number of anilines is 2. The quantitative estimate of drug-likeness (QED) is 0.262. The van der Waals surface area contributed by atoms with Gasteiger partial charge in [0.1, 0.15) is 10.5 Å². The number of hydrogen-bond donors (Lipinski definition) is 3. The van der Waals surface area contributed by atoms with Gasteiger partial charge in [-0.3, -0.25) is 10.1 Å². The number of nitrogens with one attached hydrogen (secondary N) is 2. The van der Waals surface area contributed by atoms with E-state index in [0.717, 1.165) is 11.8 Å². The van der Waals surface area contributed by atoms with Gasteiger partial charge in [0.25, 0.3) is 5.88 Å². The van der Waals surface area contributed by atoms with E-state index in [-0.39, 0.29) is 23.9 Å². The summed E-state index contributed by atoms with van der Waals surface area (Å²) in [5, 5.41) is 2.49. The molecule has 0 spiro atoms. The molecule has 4 N–H and O–H groups in total. The van der Waals surface area contributed by atoms with Crippen LogP contribution in [0.15, 0.2) is 47.9 Å². The lowest BCUT2D eigenvalue weighted by molar-refractivity contribution is -0.115. The van der Waals surface area contributed by atoms with Gasteiger partial charge in [0.15, 0.2) is 5.65 Å². The summed E-state index contributed by atoms with van der Waals surface area (Å²) in [6.07, 6.45) is 2.53. The maximum absolute atomic E-state index is 14.0. The lowest BCUT2D eigenvalue weighted by Gasteiger charge is -2.17. The standard InChI is InChI=1S/C21H21FN8O2S/c1-11(2)32-18-13(22)9-24-21(29-18)28-17(31)14(8-12-6-4-3-5-7-12)33-19-15-16(26-10-25-15)27-20(23)30-19/h3-7,9-11,14H,8H2,1-2H3,(H,24,28,29,31)(H3,23,25,26,27,30)/t14-/m1/s1. The maximum atomic E-state index is 14.0. The van der Waals surface area contributed by atoms with Gasteiger partial charge >= 0.3 is 0 Å². The third kappa shape index (κ3) is 5.52. The second-order valence-electron chi connectivity index (χ2n) is 7.29. The fourth-order valence-corrected chi connectivity index (χ4v) is 4.09. The number of aromatic nitrogens is 6. The van der Waals surface area contributed by atoms with Crippen LogP contribution in [0.5, 0.6) is 5.88 Å². The van der Waals surface area contributed by atoms with E-state index in [1.807, 2.05) is 30.3 Å². The van der Waals surface area contributed by atoms with Gasteiger partial charge in [0, 0.05) is 0 Å². The van der Waals surface area contributed by atoms with Crippen molar-refractivity contribution in [2.75, 3.05) is 11.1 Å². The number of thioether (sulfide) groups is 1. The molecule has 0 fully saturated rings. The second-order valence-corrected chi connectivity index (χ2v) is 8.48. The van der Waals surface area contributed by atoms with E-state index in [4.69, 9.17) is 10.5 Å². The molecule has 10 nitrogen and oxygen atoms in total. The molecule has 170 valence electrons. The predicted molar refractivity (Wildman–Crippen MR) is 122 cm³/mol. The Balaban J connectivity index is 1.62. The Morgan fingerprint density at radius 1 is 1.21 bits per heavy atom. The van der Waals surface area contributed by atoms with Crippen LogP contribution in [-0.2, 0) is 11.2 Å². The van der Waals surface area contributed by atoms with Gasteiger partial charge in [-0.25, -0.2) is 15.0 Å². The number of fused-ring (bicyclic) bond motifs is 1. The average molecular weight is 469 g/mol. The van der Waals surface area contributed by atoms with Crippen LogP contribution in [0, 0.1) is 5.82 Å². The van der Waals surface area contributed by atoms with E-state index in [1.165, 1.54) is 18.1 Å². The summed E-state index contributed by atoms with van der Waals surface area (Å²) < 4.78 is 19.3. The number of nitrogen functional groups attached to an aromatic ring is 1. The number of nitrogens with zero attached hydrogens (tertiary/aromatic N) is 5. The molecule has 0 bridgehead atoms. The Labute approximate surface area is 192 Å². The first-order valence-corrected chi connectivity index (χ1v) is 10.9. The number of imidazole rings is 1. The number of carbonyl (C=O) groups excluding carboxylic acids is 1. The monoisotopic (exact) mass is 468 g/mol. The number of halogens is 1. The highest BCUT2D eigenvalue weighted by molar-refractivity contribution is 8.00. The summed E-state index contributed by atoms with van der Waals surface area (Å²) in [7, 11) is 0. The van der Waals surface area contributed by atoms with Crippen molar-refractivity contribution in [1.82, 2.24) is 29.9 Å². The van der Waals surface area contributed by atoms with Gasteiger partial charge in [0.05, 0.1) is 23.9 Å². The molecule has 0 aliphatic rings. The minimum absolute atomic E-state index is 0.0494. The molecular formula is C21H21FN8O2S. The van der Waals surface area contributed by atoms with Crippen molar-refractivity contribution < 1.29 is 13.9 Å². The Kier molecular flexibility index (Phi) is 6.63. The van der Waals surface area contributed by atoms with Crippen LogP contribution in [0.1, 0.15) is 19.4 Å². The zero-order valence-corrected chi connectivity index (χ0v) is 18.6. The number of H-pyrrole nitrogens is 1. The molecule has 1 atom stereocenters. The molecule has 12 heteroatoms. The molecule has 1 amide bonds. The lowest BCUT2D eigenvalue weighted by Crippen LogP contribution is -2.28. The van der Waals surface area contributed by atoms with Crippen molar-refractivity contribution in [3.05, 3.63) is 54.2 Å². The second kappa shape index (κ2) is 9.77. The highest BCUT2D eigenvalue weighted by atomic mass is 32.2. The Bertz CT molecular complexity index is 1270. The molecule has 33 heavy (non-hydrogen) atoms. The van der Waals surface area contributed by atoms with Crippen LogP contribution in [0.4, 0.5) is 16.3 Å². The first kappa shape index (κ1) is 22.4. The van der Waals surface area contributed by atoms with E-state index >= 15 is 0 Å². The zero-order valence-electron chi connectivity index (χ0n) is 17.8. The van der Waals surface area contributed by atoms with Crippen LogP contribution in [0.2, 0.25) is 0 Å². The molecule has 0 aliphatic carbocycles. The van der Waals surface area contributed by atoms with Crippen LogP contribution < -0.4 is 15.8 Å². The van der Waals surface area contributed by atoms with Crippen LogP contribution in [-0.4, -0.2) is 47.2 Å². The molecule has 0 unspecified atom stereocenters. The van der Waals surface area contributed by atoms with E-state index in [1.54, 1.807) is 13.8 Å². The third-order valence-electron chi connectivity index (χ3n) is 4.37. The normalized spacial score (nSPS) is 12.1. The molecule has 4 aromatic rings. The number of carbonyl (C=O) groups is 1. The minimum atomic E-state index is -0.713. The Morgan fingerprint density at radius 2 is 2.00 bits per heavy atom. The first-order valence-electron chi connectivity index (χ1n) is 10.1. The van der Waals surface area contributed by atoms with Crippen LogP contribution >= 0.6 is 11.8 Å². The molecular weight excluding hydrogens is 447 g/mol. The number of nitrogens with two attached hydrogens (primary N) is 1. The largest absolute Gasteiger partial charge is 0.473 e. The van der Waals surface area contributed by atoms with Crippen molar-refractivity contribution in [1.29, 1.82) is 0 Å². The summed E-state index contributed by atoms with van der Waals surface area (Å²) in [5.74, 6) is -1.35. The molecule has 0 aliphatic heterocycles. The molecule has 3 heterocycles. The number of rotatable bonds is 8.